The van der Waals surface area contributed by atoms with Crippen LogP contribution >= 0.6 is 23.5 Å². The van der Waals surface area contributed by atoms with E-state index in [1.165, 1.54) is 0 Å². The summed E-state index contributed by atoms with van der Waals surface area (Å²) in [4.78, 5) is 40.8. The Morgan fingerprint density at radius 1 is 0.933 bits per heavy atom. The number of hydrogen-bond acceptors (Lipinski definition) is 7. The molecule has 0 bridgehead atoms. The minimum atomic E-state index is -0.977. The number of Topliss-reactive ketones (excluding diaryl/α,β-unsaturated/α-hetero) is 1. The van der Waals surface area contributed by atoms with Crippen LogP contribution in [0.15, 0.2) is 101 Å². The van der Waals surface area contributed by atoms with Crippen LogP contribution in [0.3, 0.4) is 0 Å². The van der Waals surface area contributed by atoms with E-state index >= 15 is 4.79 Å². The number of likely N-dealkylation sites (N-methyl/N-ethyl adjacent to an activating group) is 1. The van der Waals surface area contributed by atoms with Crippen LogP contribution in [0.5, 0.6) is 0 Å². The summed E-state index contributed by atoms with van der Waals surface area (Å²) < 4.78 is 5.31. The summed E-state index contributed by atoms with van der Waals surface area (Å²) in [7, 11) is 2.05. The number of likely N-dealkylation sites (tertiary alicyclic amines) is 1. The van der Waals surface area contributed by atoms with Crippen LogP contribution in [-0.2, 0) is 15.1 Å². The average Bonchev–Trinajstić information content (AvgIpc) is 3.61. The fourth-order valence-electron chi connectivity index (χ4n) is 8.91. The molecule has 0 radical (unpaired) electrons. The van der Waals surface area contributed by atoms with E-state index in [2.05, 4.69) is 72.8 Å². The molecule has 4 aromatic rings. The van der Waals surface area contributed by atoms with Crippen LogP contribution in [0.4, 0.5) is 0 Å². The summed E-state index contributed by atoms with van der Waals surface area (Å²) in [6.07, 6.45) is 4.04. The van der Waals surface area contributed by atoms with Gasteiger partial charge in [-0.15, -0.1) is 11.8 Å². The molecule has 3 fully saturated rings. The number of amides is 1. The molecule has 9 rings (SSSR count). The molecule has 4 aliphatic heterocycles. The van der Waals surface area contributed by atoms with Crippen LogP contribution in [0.1, 0.15) is 58.4 Å². The molecule has 4 aromatic carbocycles. The fraction of sp³-hybridized carbons (Fsp3) is 0.324. The van der Waals surface area contributed by atoms with E-state index in [4.69, 9.17) is 9.73 Å². The second-order valence-electron chi connectivity index (χ2n) is 12.9. The molecule has 1 aliphatic carbocycles. The summed E-state index contributed by atoms with van der Waals surface area (Å²) in [6, 6.07) is 30.6. The molecule has 1 amide bonds. The van der Waals surface area contributed by atoms with Gasteiger partial charge in [-0.1, -0.05) is 90.6 Å². The lowest BCUT2D eigenvalue weighted by Crippen LogP contribution is -2.50. The number of ketones is 1. The van der Waals surface area contributed by atoms with Gasteiger partial charge in [0, 0.05) is 29.4 Å². The highest BCUT2D eigenvalue weighted by Gasteiger charge is 2.72. The van der Waals surface area contributed by atoms with Crippen LogP contribution in [-0.4, -0.2) is 57.5 Å². The Morgan fingerprint density at radius 3 is 2.49 bits per heavy atom. The Bertz CT molecular complexity index is 1910. The van der Waals surface area contributed by atoms with Gasteiger partial charge in [0.25, 0.3) is 0 Å². The molecule has 3 unspecified atom stereocenters. The van der Waals surface area contributed by atoms with Crippen LogP contribution in [0, 0.1) is 5.92 Å². The second-order valence-corrected chi connectivity index (χ2v) is 15.0. The third-order valence-electron chi connectivity index (χ3n) is 10.8. The highest BCUT2D eigenvalue weighted by Crippen LogP contribution is 2.66. The number of rotatable bonds is 3. The van der Waals surface area contributed by atoms with Gasteiger partial charge in [-0.3, -0.25) is 19.4 Å². The molecule has 2 spiro atoms. The van der Waals surface area contributed by atoms with Gasteiger partial charge in [0.2, 0.25) is 5.91 Å². The van der Waals surface area contributed by atoms with Crippen molar-refractivity contribution in [3.63, 3.8) is 0 Å². The predicted molar refractivity (Wildman–Crippen MR) is 180 cm³/mol. The smallest absolute Gasteiger partial charge is 0.247 e. The standard InChI is InChI=1S/C37H33N3O3S2/c1-39-31(24-16-18-25(44-2)19-17-24)37(21-36(39)28-15-7-12-22-11-6-13-26(29(22)28)32(36)41)34(42)40-30(23-9-4-3-5-10-23)27-14-8-20-43-33(27)38-35(40)45-37/h3-7,9-13,15-19,27,30-31,33H,8,14,20-21H2,1-2H3/t27?,30?,31-,33?,36+,37-/m1/s1. The molecule has 5 aliphatic rings. The summed E-state index contributed by atoms with van der Waals surface area (Å²) in [5.41, 5.74) is 2.91. The van der Waals surface area contributed by atoms with E-state index in [-0.39, 0.29) is 35.9 Å². The first-order valence-corrected chi connectivity index (χ1v) is 17.7. The largest absolute Gasteiger partial charge is 0.356 e. The summed E-state index contributed by atoms with van der Waals surface area (Å²) in [6.45, 7) is 0.677. The SMILES string of the molecule is CSc1ccc([C@H]2N(C)[C@]3(C[C@@]24SC2=NC5OCCCC5C(c5ccccc5)N2C4=O)C(=O)c2cccc4cccc3c24)cc1. The topological polar surface area (TPSA) is 62.2 Å². The maximum atomic E-state index is 15.5. The Hall–Kier alpha value is -3.43. The Labute approximate surface area is 271 Å². The Kier molecular flexibility index (Phi) is 6.21. The van der Waals surface area contributed by atoms with E-state index in [0.717, 1.165) is 50.8 Å². The van der Waals surface area contributed by atoms with Crippen molar-refractivity contribution in [3.05, 3.63) is 113 Å². The normalized spacial score (nSPS) is 32.0. The minimum absolute atomic E-state index is 0.0442. The first-order chi connectivity index (χ1) is 22.0. The van der Waals surface area contributed by atoms with E-state index in [1.54, 1.807) is 23.5 Å². The zero-order chi connectivity index (χ0) is 30.5. The molecular formula is C37H33N3O3S2. The molecule has 45 heavy (non-hydrogen) atoms. The molecule has 0 saturated carbocycles. The number of carbonyl (C=O) groups is 2. The Morgan fingerprint density at radius 2 is 1.71 bits per heavy atom. The monoisotopic (exact) mass is 631 g/mol. The zero-order valence-electron chi connectivity index (χ0n) is 25.2. The number of thioether (sulfide) groups is 2. The van der Waals surface area contributed by atoms with Crippen LogP contribution < -0.4 is 0 Å². The van der Waals surface area contributed by atoms with Gasteiger partial charge in [-0.2, -0.15) is 0 Å². The lowest BCUT2D eigenvalue weighted by molar-refractivity contribution is -0.136. The number of ether oxygens (including phenoxy) is 1. The minimum Gasteiger partial charge on any atom is -0.356 e. The number of nitrogens with zero attached hydrogens (tertiary/aromatic N) is 3. The van der Waals surface area contributed by atoms with Gasteiger partial charge in [-0.25, -0.2) is 4.99 Å². The van der Waals surface area contributed by atoms with Crippen molar-refractivity contribution in [1.82, 2.24) is 9.80 Å². The Balaban J connectivity index is 1.26. The number of fused-ring (bicyclic) bond motifs is 3. The molecule has 6 nitrogen and oxygen atoms in total. The van der Waals surface area contributed by atoms with E-state index in [0.29, 0.717) is 18.2 Å². The number of aliphatic imine (C=N–C) groups is 1. The number of amidine groups is 1. The number of hydrogen-bond donors (Lipinski definition) is 0. The summed E-state index contributed by atoms with van der Waals surface area (Å²) in [5.74, 6) is 0.196. The van der Waals surface area contributed by atoms with Crippen molar-refractivity contribution in [2.24, 2.45) is 10.9 Å². The van der Waals surface area contributed by atoms with Crippen molar-refractivity contribution in [3.8, 4) is 0 Å². The number of carbonyl (C=O) groups excluding carboxylic acids is 2. The third-order valence-corrected chi connectivity index (χ3v) is 12.9. The zero-order valence-corrected chi connectivity index (χ0v) is 26.8. The third kappa shape index (κ3) is 3.65. The van der Waals surface area contributed by atoms with Gasteiger partial charge in [-0.05, 0) is 65.7 Å². The van der Waals surface area contributed by atoms with Crippen molar-refractivity contribution in [1.29, 1.82) is 0 Å². The number of benzene rings is 4. The molecular weight excluding hydrogens is 599 g/mol. The van der Waals surface area contributed by atoms with Gasteiger partial charge < -0.3 is 4.74 Å². The quantitative estimate of drug-likeness (QED) is 0.223. The first kappa shape index (κ1) is 27.8. The van der Waals surface area contributed by atoms with Crippen LogP contribution in [0.25, 0.3) is 10.8 Å². The lowest BCUT2D eigenvalue weighted by atomic mass is 9.81. The molecule has 4 heterocycles. The molecule has 0 N–H and O–H groups in total. The predicted octanol–water partition coefficient (Wildman–Crippen LogP) is 7.21. The van der Waals surface area contributed by atoms with Gasteiger partial charge in [0.05, 0.1) is 12.1 Å². The molecule has 0 aromatic heterocycles. The van der Waals surface area contributed by atoms with Crippen molar-refractivity contribution in [2.45, 2.75) is 52.8 Å². The molecule has 226 valence electrons. The highest BCUT2D eigenvalue weighted by atomic mass is 32.2. The van der Waals surface area contributed by atoms with Crippen LogP contribution in [0.2, 0.25) is 0 Å². The fourth-order valence-corrected chi connectivity index (χ4v) is 11.0. The van der Waals surface area contributed by atoms with Crippen molar-refractivity contribution < 1.29 is 14.3 Å². The van der Waals surface area contributed by atoms with Crippen molar-refractivity contribution in [2.75, 3.05) is 19.9 Å². The molecule has 8 heteroatoms. The average molecular weight is 632 g/mol. The van der Waals surface area contributed by atoms with E-state index < -0.39 is 10.3 Å². The maximum Gasteiger partial charge on any atom is 0.247 e. The van der Waals surface area contributed by atoms with E-state index in [9.17, 15) is 4.79 Å². The highest BCUT2D eigenvalue weighted by molar-refractivity contribution is 8.16. The van der Waals surface area contributed by atoms with Gasteiger partial charge >= 0.3 is 0 Å². The van der Waals surface area contributed by atoms with E-state index in [1.807, 2.05) is 41.3 Å². The summed E-state index contributed by atoms with van der Waals surface area (Å²) >= 11 is 3.26. The lowest BCUT2D eigenvalue weighted by Gasteiger charge is -2.43. The van der Waals surface area contributed by atoms with Crippen molar-refractivity contribution >= 4 is 51.2 Å². The maximum absolute atomic E-state index is 15.5. The first-order valence-electron chi connectivity index (χ1n) is 15.7. The van der Waals surface area contributed by atoms with Gasteiger partial charge in [0.15, 0.2) is 17.2 Å². The molecule has 6 atom stereocenters. The second kappa shape index (κ2) is 10.0. The van der Waals surface area contributed by atoms with Gasteiger partial charge in [0.1, 0.15) is 10.3 Å². The molecule has 3 saturated heterocycles. The summed E-state index contributed by atoms with van der Waals surface area (Å²) in [5, 5.41) is 2.79.